The van der Waals surface area contributed by atoms with E-state index in [0.717, 1.165) is 18.7 Å². The Hall–Kier alpha value is -2.14. The van der Waals surface area contributed by atoms with Crippen LogP contribution in [-0.2, 0) is 0 Å². The second-order valence-corrected chi connectivity index (χ2v) is 6.02. The molecule has 23 heavy (non-hydrogen) atoms. The lowest BCUT2D eigenvalue weighted by molar-refractivity contribution is 0.0951. The van der Waals surface area contributed by atoms with Gasteiger partial charge in [0.2, 0.25) is 0 Å². The quantitative estimate of drug-likeness (QED) is 0.834. The summed E-state index contributed by atoms with van der Waals surface area (Å²) in [6, 6.07) is 9.80. The van der Waals surface area contributed by atoms with Crippen LogP contribution >= 0.6 is 0 Å². The van der Waals surface area contributed by atoms with E-state index in [4.69, 9.17) is 0 Å². The zero-order valence-electron chi connectivity index (χ0n) is 13.4. The molecule has 5 heteroatoms. The lowest BCUT2D eigenvalue weighted by Gasteiger charge is -2.26. The van der Waals surface area contributed by atoms with Crippen molar-refractivity contribution in [3.8, 4) is 5.69 Å². The molecule has 1 saturated heterocycles. The molecule has 2 heterocycles. The first-order valence-corrected chi connectivity index (χ1v) is 8.43. The van der Waals surface area contributed by atoms with Crippen LogP contribution in [0.25, 0.3) is 5.69 Å². The number of nitrogens with zero attached hydrogens (tertiary/aromatic N) is 3. The summed E-state index contributed by atoms with van der Waals surface area (Å²) in [7, 11) is 0. The number of hydrogen-bond acceptors (Lipinski definition) is 3. The molecule has 0 bridgehead atoms. The van der Waals surface area contributed by atoms with Gasteiger partial charge in [-0.15, -0.1) is 0 Å². The Balaban J connectivity index is 1.44. The molecule has 1 N–H and O–H groups in total. The third-order valence-corrected chi connectivity index (χ3v) is 4.25. The van der Waals surface area contributed by atoms with E-state index >= 15 is 0 Å². The van der Waals surface area contributed by atoms with Crippen molar-refractivity contribution in [2.75, 3.05) is 26.2 Å². The summed E-state index contributed by atoms with van der Waals surface area (Å²) in [6.07, 6.45) is 8.37. The summed E-state index contributed by atoms with van der Waals surface area (Å²) in [5, 5.41) is 7.24. The highest BCUT2D eigenvalue weighted by Crippen LogP contribution is 2.09. The summed E-state index contributed by atoms with van der Waals surface area (Å²) in [6.45, 7) is 4.20. The SMILES string of the molecule is O=C(NCCCN1CCCCC1)c1cnn(-c2ccccc2)c1. The zero-order valence-corrected chi connectivity index (χ0v) is 13.4. The van der Waals surface area contributed by atoms with Gasteiger partial charge in [-0.2, -0.15) is 5.10 Å². The third kappa shape index (κ3) is 4.42. The number of hydrogen-bond donors (Lipinski definition) is 1. The maximum Gasteiger partial charge on any atom is 0.254 e. The molecule has 1 amide bonds. The van der Waals surface area contributed by atoms with E-state index in [1.54, 1.807) is 17.1 Å². The molecule has 1 aliphatic rings. The van der Waals surface area contributed by atoms with Crippen LogP contribution in [0.5, 0.6) is 0 Å². The van der Waals surface area contributed by atoms with Crippen molar-refractivity contribution in [1.82, 2.24) is 20.0 Å². The van der Waals surface area contributed by atoms with E-state index in [1.165, 1.54) is 32.4 Å². The van der Waals surface area contributed by atoms with Crippen LogP contribution in [0.4, 0.5) is 0 Å². The van der Waals surface area contributed by atoms with Crippen molar-refractivity contribution in [1.29, 1.82) is 0 Å². The summed E-state index contributed by atoms with van der Waals surface area (Å²) in [5.41, 5.74) is 1.56. The van der Waals surface area contributed by atoms with Crippen molar-refractivity contribution in [2.45, 2.75) is 25.7 Å². The summed E-state index contributed by atoms with van der Waals surface area (Å²) >= 11 is 0. The van der Waals surface area contributed by atoms with Gasteiger partial charge in [0.1, 0.15) is 0 Å². The molecule has 1 aliphatic heterocycles. The van der Waals surface area contributed by atoms with Crippen molar-refractivity contribution in [3.63, 3.8) is 0 Å². The third-order valence-electron chi connectivity index (χ3n) is 4.25. The number of likely N-dealkylation sites (tertiary alicyclic amines) is 1. The number of nitrogens with one attached hydrogen (secondary N) is 1. The number of amides is 1. The molecule has 5 nitrogen and oxygen atoms in total. The molecule has 122 valence electrons. The van der Waals surface area contributed by atoms with Gasteiger partial charge in [-0.25, -0.2) is 4.68 Å². The number of carbonyl (C=O) groups is 1. The Morgan fingerprint density at radius 2 is 1.91 bits per heavy atom. The molecule has 0 aliphatic carbocycles. The van der Waals surface area contributed by atoms with Crippen LogP contribution < -0.4 is 5.32 Å². The Morgan fingerprint density at radius 1 is 1.13 bits per heavy atom. The largest absolute Gasteiger partial charge is 0.352 e. The molecular weight excluding hydrogens is 288 g/mol. The minimum Gasteiger partial charge on any atom is -0.352 e. The number of piperidine rings is 1. The van der Waals surface area contributed by atoms with Gasteiger partial charge in [0, 0.05) is 12.7 Å². The highest BCUT2D eigenvalue weighted by molar-refractivity contribution is 5.93. The van der Waals surface area contributed by atoms with Gasteiger partial charge < -0.3 is 10.2 Å². The maximum absolute atomic E-state index is 12.2. The van der Waals surface area contributed by atoms with E-state index < -0.39 is 0 Å². The summed E-state index contributed by atoms with van der Waals surface area (Å²) in [4.78, 5) is 14.7. The normalized spacial score (nSPS) is 15.5. The highest BCUT2D eigenvalue weighted by atomic mass is 16.1. The molecule has 0 radical (unpaired) electrons. The summed E-state index contributed by atoms with van der Waals surface area (Å²) < 4.78 is 1.72. The highest BCUT2D eigenvalue weighted by Gasteiger charge is 2.11. The topological polar surface area (TPSA) is 50.2 Å². The molecule has 1 aromatic heterocycles. The number of aromatic nitrogens is 2. The average molecular weight is 312 g/mol. The smallest absolute Gasteiger partial charge is 0.254 e. The molecule has 1 aromatic carbocycles. The van der Waals surface area contributed by atoms with Crippen molar-refractivity contribution in [2.24, 2.45) is 0 Å². The van der Waals surface area contributed by atoms with Gasteiger partial charge in [-0.05, 0) is 51.0 Å². The number of para-hydroxylation sites is 1. The van der Waals surface area contributed by atoms with Crippen molar-refractivity contribution >= 4 is 5.91 Å². The van der Waals surface area contributed by atoms with E-state index in [-0.39, 0.29) is 5.91 Å². The Morgan fingerprint density at radius 3 is 2.70 bits per heavy atom. The number of benzene rings is 1. The van der Waals surface area contributed by atoms with Gasteiger partial charge in [0.15, 0.2) is 0 Å². The first kappa shape index (κ1) is 15.7. The van der Waals surface area contributed by atoms with E-state index in [9.17, 15) is 4.79 Å². The van der Waals surface area contributed by atoms with Crippen LogP contribution in [0.2, 0.25) is 0 Å². The Bertz CT molecular complexity index is 617. The van der Waals surface area contributed by atoms with E-state index in [2.05, 4.69) is 15.3 Å². The predicted octanol–water partition coefficient (Wildman–Crippen LogP) is 2.48. The molecular formula is C18H24N4O. The zero-order chi connectivity index (χ0) is 15.9. The second-order valence-electron chi connectivity index (χ2n) is 6.02. The second kappa shape index (κ2) is 7.92. The van der Waals surface area contributed by atoms with Crippen LogP contribution in [0.15, 0.2) is 42.7 Å². The Kier molecular flexibility index (Phi) is 5.42. The molecule has 0 unspecified atom stereocenters. The first-order valence-electron chi connectivity index (χ1n) is 8.43. The fraction of sp³-hybridized carbons (Fsp3) is 0.444. The number of carbonyl (C=O) groups excluding carboxylic acids is 1. The van der Waals surface area contributed by atoms with E-state index in [0.29, 0.717) is 12.1 Å². The van der Waals surface area contributed by atoms with Crippen LogP contribution in [0.1, 0.15) is 36.0 Å². The van der Waals surface area contributed by atoms with Crippen LogP contribution in [0.3, 0.4) is 0 Å². The molecule has 3 rings (SSSR count). The van der Waals surface area contributed by atoms with Gasteiger partial charge in [0.05, 0.1) is 17.4 Å². The van der Waals surface area contributed by atoms with E-state index in [1.807, 2.05) is 30.3 Å². The van der Waals surface area contributed by atoms with Crippen molar-refractivity contribution in [3.05, 3.63) is 48.3 Å². The maximum atomic E-state index is 12.2. The molecule has 1 fully saturated rings. The van der Waals surface area contributed by atoms with Gasteiger partial charge in [-0.3, -0.25) is 4.79 Å². The Labute approximate surface area is 137 Å². The summed E-state index contributed by atoms with van der Waals surface area (Å²) in [5.74, 6) is -0.0502. The molecule has 0 atom stereocenters. The van der Waals surface area contributed by atoms with Crippen molar-refractivity contribution < 1.29 is 4.79 Å². The standard InChI is InChI=1S/C18H24N4O/c23-18(19-10-7-13-21-11-5-2-6-12-21)16-14-20-22(15-16)17-8-3-1-4-9-17/h1,3-4,8-9,14-15H,2,5-7,10-13H2,(H,19,23). The van der Waals surface area contributed by atoms with Crippen LogP contribution in [0, 0.1) is 0 Å². The molecule has 0 saturated carbocycles. The minimum atomic E-state index is -0.0502. The van der Waals surface area contributed by atoms with Crippen LogP contribution in [-0.4, -0.2) is 46.8 Å². The lowest BCUT2D eigenvalue weighted by Crippen LogP contribution is -2.33. The van der Waals surface area contributed by atoms with Gasteiger partial charge in [0.25, 0.3) is 5.91 Å². The van der Waals surface area contributed by atoms with Gasteiger partial charge >= 0.3 is 0 Å². The lowest BCUT2D eigenvalue weighted by atomic mass is 10.1. The predicted molar refractivity (Wildman–Crippen MR) is 90.8 cm³/mol. The molecule has 0 spiro atoms. The fourth-order valence-electron chi connectivity index (χ4n) is 2.95. The number of rotatable bonds is 6. The monoisotopic (exact) mass is 312 g/mol. The minimum absolute atomic E-state index is 0.0502. The average Bonchev–Trinajstić information content (AvgIpc) is 3.10. The first-order chi connectivity index (χ1) is 11.3. The molecule has 2 aromatic rings. The van der Waals surface area contributed by atoms with Gasteiger partial charge in [-0.1, -0.05) is 24.6 Å². The fourth-order valence-corrected chi connectivity index (χ4v) is 2.95.